The van der Waals surface area contributed by atoms with Crippen LogP contribution in [0.2, 0.25) is 0 Å². The summed E-state index contributed by atoms with van der Waals surface area (Å²) < 4.78 is 1.97. The van der Waals surface area contributed by atoms with Crippen molar-refractivity contribution in [3.63, 3.8) is 0 Å². The summed E-state index contributed by atoms with van der Waals surface area (Å²) in [4.78, 5) is 16.5. The lowest BCUT2D eigenvalue weighted by molar-refractivity contribution is -0.384. The molecule has 20 heavy (non-hydrogen) atoms. The van der Waals surface area contributed by atoms with Crippen LogP contribution in [0.15, 0.2) is 45.8 Å². The van der Waals surface area contributed by atoms with Gasteiger partial charge in [0.25, 0.3) is 5.69 Å². The van der Waals surface area contributed by atoms with E-state index >= 15 is 0 Å². The number of aromatic nitrogens is 2. The summed E-state index contributed by atoms with van der Waals surface area (Å²) in [7, 11) is 0. The van der Waals surface area contributed by atoms with E-state index in [-0.39, 0.29) is 5.69 Å². The number of nitrogens with zero attached hydrogens (tertiary/aromatic N) is 3. The van der Waals surface area contributed by atoms with Crippen LogP contribution in [0.3, 0.4) is 0 Å². The second kappa shape index (κ2) is 5.23. The Morgan fingerprint density at radius 2 is 2.15 bits per heavy atom. The molecule has 0 radical (unpaired) electrons. The van der Waals surface area contributed by atoms with E-state index in [0.717, 1.165) is 20.6 Å². The van der Waals surface area contributed by atoms with Crippen LogP contribution in [0.25, 0.3) is 4.96 Å². The molecule has 2 heterocycles. The van der Waals surface area contributed by atoms with Gasteiger partial charge >= 0.3 is 0 Å². The topological polar surface area (TPSA) is 86.5 Å². The van der Waals surface area contributed by atoms with E-state index in [0.29, 0.717) is 6.54 Å². The van der Waals surface area contributed by atoms with Crippen LogP contribution in [-0.4, -0.2) is 14.3 Å². The summed E-state index contributed by atoms with van der Waals surface area (Å²) in [5.41, 5.74) is 6.81. The first-order valence-corrected chi connectivity index (χ1v) is 7.45. The predicted molar refractivity (Wildman–Crippen MR) is 78.2 cm³/mol. The monoisotopic (exact) mass is 306 g/mol. The van der Waals surface area contributed by atoms with Gasteiger partial charge in [0.15, 0.2) is 4.96 Å². The molecule has 0 unspecified atom stereocenters. The third-order valence-corrected chi connectivity index (χ3v) is 4.56. The van der Waals surface area contributed by atoms with Crippen molar-refractivity contribution in [2.24, 2.45) is 5.73 Å². The summed E-state index contributed by atoms with van der Waals surface area (Å²) in [6.45, 7) is 0.396. The molecule has 0 aliphatic rings. The Hall–Kier alpha value is -1.90. The predicted octanol–water partition coefficient (Wildman–Crippen LogP) is 2.91. The minimum atomic E-state index is -0.410. The summed E-state index contributed by atoms with van der Waals surface area (Å²) in [6.07, 6.45) is 1.94. The Balaban J connectivity index is 1.92. The molecule has 0 atom stereocenters. The third kappa shape index (κ3) is 2.28. The molecule has 0 fully saturated rings. The average molecular weight is 306 g/mol. The van der Waals surface area contributed by atoms with Crippen molar-refractivity contribution in [3.8, 4) is 0 Å². The van der Waals surface area contributed by atoms with Crippen LogP contribution in [-0.2, 0) is 6.54 Å². The van der Waals surface area contributed by atoms with Gasteiger partial charge in [-0.25, -0.2) is 4.98 Å². The van der Waals surface area contributed by atoms with E-state index < -0.39 is 4.92 Å². The molecule has 3 rings (SSSR count). The number of hydrogen-bond acceptors (Lipinski definition) is 6. The van der Waals surface area contributed by atoms with Gasteiger partial charge in [0.2, 0.25) is 0 Å². The van der Waals surface area contributed by atoms with E-state index in [1.807, 2.05) is 16.0 Å². The number of nitro groups is 1. The molecule has 102 valence electrons. The second-order valence-corrected chi connectivity index (χ2v) is 5.91. The molecule has 2 aromatic heterocycles. The first kappa shape index (κ1) is 13.1. The number of rotatable bonds is 4. The zero-order valence-electron chi connectivity index (χ0n) is 10.2. The molecule has 0 spiro atoms. The zero-order chi connectivity index (χ0) is 14.1. The maximum atomic E-state index is 10.6. The number of hydrogen-bond donors (Lipinski definition) is 1. The molecule has 0 saturated heterocycles. The molecule has 1 aromatic carbocycles. The Labute approximate surface area is 122 Å². The molecule has 0 aliphatic heterocycles. The van der Waals surface area contributed by atoms with E-state index in [2.05, 4.69) is 4.98 Å². The van der Waals surface area contributed by atoms with Crippen molar-refractivity contribution in [2.45, 2.75) is 16.5 Å². The molecule has 0 bridgehead atoms. The molecule has 8 heteroatoms. The van der Waals surface area contributed by atoms with E-state index in [1.165, 1.54) is 23.9 Å². The van der Waals surface area contributed by atoms with Gasteiger partial charge in [0.05, 0.1) is 10.6 Å². The number of benzene rings is 1. The minimum absolute atomic E-state index is 0.0826. The Morgan fingerprint density at radius 3 is 2.80 bits per heavy atom. The lowest BCUT2D eigenvalue weighted by Gasteiger charge is -2.01. The summed E-state index contributed by atoms with van der Waals surface area (Å²) in [5, 5.41) is 13.4. The van der Waals surface area contributed by atoms with Gasteiger partial charge in [-0.2, -0.15) is 0 Å². The molecular formula is C12H10N4O2S2. The van der Waals surface area contributed by atoms with E-state index in [4.69, 9.17) is 5.73 Å². The van der Waals surface area contributed by atoms with Gasteiger partial charge in [0, 0.05) is 35.1 Å². The number of nitro benzene ring substituents is 1. The fourth-order valence-corrected chi connectivity index (χ4v) is 3.55. The van der Waals surface area contributed by atoms with Gasteiger partial charge in [-0.3, -0.25) is 14.5 Å². The Kier molecular flexibility index (Phi) is 3.43. The van der Waals surface area contributed by atoms with Crippen LogP contribution in [0.4, 0.5) is 5.69 Å². The standard InChI is InChI=1S/C12H10N4O2S2/c13-7-10-11(14-12-15(10)5-6-19-12)20-9-3-1-8(2-4-9)16(17)18/h1-6H,7,13H2. The van der Waals surface area contributed by atoms with Gasteiger partial charge in [-0.1, -0.05) is 11.8 Å². The van der Waals surface area contributed by atoms with Gasteiger partial charge < -0.3 is 5.73 Å². The van der Waals surface area contributed by atoms with Crippen LogP contribution in [0, 0.1) is 10.1 Å². The van der Waals surface area contributed by atoms with Crippen LogP contribution < -0.4 is 5.73 Å². The second-order valence-electron chi connectivity index (χ2n) is 3.98. The smallest absolute Gasteiger partial charge is 0.269 e. The molecule has 3 aromatic rings. The Morgan fingerprint density at radius 1 is 1.40 bits per heavy atom. The van der Waals surface area contributed by atoms with E-state index in [1.54, 1.807) is 23.5 Å². The molecule has 0 amide bonds. The molecular weight excluding hydrogens is 296 g/mol. The first-order chi connectivity index (χ1) is 9.69. The third-order valence-electron chi connectivity index (χ3n) is 2.78. The van der Waals surface area contributed by atoms with Crippen molar-refractivity contribution in [1.82, 2.24) is 9.38 Å². The van der Waals surface area contributed by atoms with Crippen LogP contribution >= 0.6 is 23.1 Å². The average Bonchev–Trinajstić information content (AvgIpc) is 2.99. The number of non-ortho nitro benzene ring substituents is 1. The highest BCUT2D eigenvalue weighted by Gasteiger charge is 2.13. The molecule has 0 aliphatic carbocycles. The van der Waals surface area contributed by atoms with Crippen molar-refractivity contribution >= 4 is 33.7 Å². The lowest BCUT2D eigenvalue weighted by atomic mass is 10.3. The number of thiazole rings is 1. The van der Waals surface area contributed by atoms with Crippen molar-refractivity contribution in [2.75, 3.05) is 0 Å². The summed E-state index contributed by atoms with van der Waals surface area (Å²) in [5.74, 6) is 0. The SMILES string of the molecule is NCc1c(Sc2ccc([N+](=O)[O-])cc2)nc2sccn12. The van der Waals surface area contributed by atoms with Crippen molar-refractivity contribution < 1.29 is 4.92 Å². The highest BCUT2D eigenvalue weighted by Crippen LogP contribution is 2.32. The van der Waals surface area contributed by atoms with Crippen molar-refractivity contribution in [1.29, 1.82) is 0 Å². The maximum absolute atomic E-state index is 10.6. The van der Waals surface area contributed by atoms with Gasteiger partial charge in [-0.15, -0.1) is 11.3 Å². The minimum Gasteiger partial charge on any atom is -0.325 e. The van der Waals surface area contributed by atoms with Gasteiger partial charge in [0.1, 0.15) is 5.03 Å². The summed E-state index contributed by atoms with van der Waals surface area (Å²) >= 11 is 3.01. The maximum Gasteiger partial charge on any atom is 0.269 e. The first-order valence-electron chi connectivity index (χ1n) is 5.76. The number of fused-ring (bicyclic) bond motifs is 1. The number of nitrogens with two attached hydrogens (primary N) is 1. The van der Waals surface area contributed by atoms with Crippen LogP contribution in [0.5, 0.6) is 0 Å². The fraction of sp³-hybridized carbons (Fsp3) is 0.0833. The zero-order valence-corrected chi connectivity index (χ0v) is 11.9. The highest BCUT2D eigenvalue weighted by molar-refractivity contribution is 7.99. The summed E-state index contributed by atoms with van der Waals surface area (Å²) in [6, 6.07) is 6.42. The molecule has 2 N–H and O–H groups in total. The molecule has 0 saturated carbocycles. The van der Waals surface area contributed by atoms with E-state index in [9.17, 15) is 10.1 Å². The molecule has 6 nitrogen and oxygen atoms in total. The van der Waals surface area contributed by atoms with Gasteiger partial charge in [-0.05, 0) is 12.1 Å². The highest BCUT2D eigenvalue weighted by atomic mass is 32.2. The van der Waals surface area contributed by atoms with Crippen LogP contribution in [0.1, 0.15) is 5.69 Å². The largest absolute Gasteiger partial charge is 0.325 e. The lowest BCUT2D eigenvalue weighted by Crippen LogP contribution is -2.00. The Bertz CT molecular complexity index is 763. The normalized spacial score (nSPS) is 11.1. The van der Waals surface area contributed by atoms with Crippen molar-refractivity contribution in [3.05, 3.63) is 51.7 Å². The number of imidazole rings is 1. The quantitative estimate of drug-likeness (QED) is 0.591. The fourth-order valence-electron chi connectivity index (χ4n) is 1.83.